The van der Waals surface area contributed by atoms with Crippen LogP contribution in [0.4, 0.5) is 16.5 Å². The number of nitrogen functional groups attached to an aromatic ring is 1. The van der Waals surface area contributed by atoms with E-state index in [-0.39, 0.29) is 5.56 Å². The van der Waals surface area contributed by atoms with E-state index in [2.05, 4.69) is 9.88 Å². The Kier molecular flexibility index (Phi) is 3.66. The molecular formula is C14H16N4O2S. The molecule has 1 aromatic heterocycles. The lowest BCUT2D eigenvalue weighted by molar-refractivity contribution is 0.0697. The molecule has 0 bridgehead atoms. The van der Waals surface area contributed by atoms with Crippen molar-refractivity contribution in [3.8, 4) is 0 Å². The van der Waals surface area contributed by atoms with E-state index >= 15 is 0 Å². The normalized spacial score (nSPS) is 15.2. The van der Waals surface area contributed by atoms with Gasteiger partial charge < -0.3 is 20.6 Å². The van der Waals surface area contributed by atoms with Gasteiger partial charge in [-0.15, -0.1) is 11.3 Å². The lowest BCUT2D eigenvalue weighted by Gasteiger charge is -2.37. The van der Waals surface area contributed by atoms with Crippen molar-refractivity contribution >= 4 is 33.8 Å². The summed E-state index contributed by atoms with van der Waals surface area (Å²) in [5.74, 6) is -0.945. The molecule has 0 saturated carbocycles. The molecule has 110 valence electrons. The number of nitrogens with zero attached hydrogens (tertiary/aromatic N) is 3. The predicted octanol–water partition coefficient (Wildman–Crippen LogP) is 1.75. The number of benzene rings is 1. The fourth-order valence-electron chi connectivity index (χ4n) is 2.58. The Morgan fingerprint density at radius 3 is 2.57 bits per heavy atom. The van der Waals surface area contributed by atoms with E-state index in [1.807, 2.05) is 10.3 Å². The summed E-state index contributed by atoms with van der Waals surface area (Å²) in [6, 6.07) is 5.02. The third-order valence-corrected chi connectivity index (χ3v) is 4.42. The van der Waals surface area contributed by atoms with Crippen molar-refractivity contribution in [3.63, 3.8) is 0 Å². The second-order valence-electron chi connectivity index (χ2n) is 4.84. The van der Waals surface area contributed by atoms with E-state index in [0.29, 0.717) is 11.4 Å². The highest BCUT2D eigenvalue weighted by atomic mass is 32.1. The lowest BCUT2D eigenvalue weighted by atomic mass is 10.1. The van der Waals surface area contributed by atoms with Crippen LogP contribution in [-0.2, 0) is 0 Å². The number of rotatable bonds is 3. The average molecular weight is 304 g/mol. The van der Waals surface area contributed by atoms with Crippen LogP contribution in [0.15, 0.2) is 29.8 Å². The van der Waals surface area contributed by atoms with Crippen LogP contribution < -0.4 is 15.5 Å². The molecule has 0 unspecified atom stereocenters. The minimum absolute atomic E-state index is 0.262. The highest BCUT2D eigenvalue weighted by Crippen LogP contribution is 2.30. The van der Waals surface area contributed by atoms with Crippen molar-refractivity contribution in [3.05, 3.63) is 35.3 Å². The number of thiazole rings is 1. The average Bonchev–Trinajstić information content (AvgIpc) is 3.01. The number of nitrogens with two attached hydrogens (primary N) is 1. The van der Waals surface area contributed by atoms with Gasteiger partial charge >= 0.3 is 5.97 Å². The number of carbonyl (C=O) groups is 1. The molecule has 0 spiro atoms. The zero-order chi connectivity index (χ0) is 14.8. The largest absolute Gasteiger partial charge is 0.478 e. The van der Waals surface area contributed by atoms with Crippen molar-refractivity contribution in [2.24, 2.45) is 0 Å². The van der Waals surface area contributed by atoms with Gasteiger partial charge in [-0.2, -0.15) is 0 Å². The van der Waals surface area contributed by atoms with Gasteiger partial charge in [-0.25, -0.2) is 9.78 Å². The van der Waals surface area contributed by atoms with Gasteiger partial charge in [-0.1, -0.05) is 6.07 Å². The summed E-state index contributed by atoms with van der Waals surface area (Å²) in [7, 11) is 0. The van der Waals surface area contributed by atoms with Crippen LogP contribution in [0.1, 0.15) is 10.4 Å². The zero-order valence-electron chi connectivity index (χ0n) is 11.4. The number of hydrogen-bond acceptors (Lipinski definition) is 6. The van der Waals surface area contributed by atoms with E-state index < -0.39 is 5.97 Å². The van der Waals surface area contributed by atoms with Gasteiger partial charge in [0, 0.05) is 37.8 Å². The predicted molar refractivity (Wildman–Crippen MR) is 84.4 cm³/mol. The maximum Gasteiger partial charge on any atom is 0.337 e. The van der Waals surface area contributed by atoms with Crippen LogP contribution in [0.25, 0.3) is 0 Å². The van der Waals surface area contributed by atoms with E-state index in [1.165, 1.54) is 0 Å². The number of carboxylic acid groups (broad SMARTS) is 1. The SMILES string of the molecule is Nc1cccc(C(=O)O)c1N1CCN(c2nccs2)CC1. The van der Waals surface area contributed by atoms with Crippen LogP contribution in [0, 0.1) is 0 Å². The Labute approximate surface area is 126 Å². The van der Waals surface area contributed by atoms with Crippen LogP contribution in [0.3, 0.4) is 0 Å². The number of anilines is 3. The Bertz CT molecular complexity index is 636. The minimum Gasteiger partial charge on any atom is -0.478 e. The Morgan fingerprint density at radius 1 is 1.24 bits per heavy atom. The Balaban J connectivity index is 1.80. The first-order chi connectivity index (χ1) is 10.2. The number of piperazine rings is 1. The Hall–Kier alpha value is -2.28. The molecule has 21 heavy (non-hydrogen) atoms. The smallest absolute Gasteiger partial charge is 0.337 e. The molecule has 0 radical (unpaired) electrons. The standard InChI is InChI=1S/C14H16N4O2S/c15-11-3-1-2-10(13(19)20)12(11)17-5-7-18(8-6-17)14-16-4-9-21-14/h1-4,9H,5-8,15H2,(H,19,20). The van der Waals surface area contributed by atoms with Crippen LogP contribution in [0.2, 0.25) is 0 Å². The first kappa shape index (κ1) is 13.7. The summed E-state index contributed by atoms with van der Waals surface area (Å²) in [6.45, 7) is 3.07. The topological polar surface area (TPSA) is 82.7 Å². The van der Waals surface area contributed by atoms with Gasteiger partial charge in [0.15, 0.2) is 5.13 Å². The first-order valence-electron chi connectivity index (χ1n) is 6.68. The van der Waals surface area contributed by atoms with Gasteiger partial charge in [-0.3, -0.25) is 0 Å². The molecule has 1 aliphatic rings. The van der Waals surface area contributed by atoms with Gasteiger partial charge in [0.05, 0.1) is 16.9 Å². The lowest BCUT2D eigenvalue weighted by Crippen LogP contribution is -2.47. The third kappa shape index (κ3) is 2.64. The summed E-state index contributed by atoms with van der Waals surface area (Å²) in [6.07, 6.45) is 1.80. The number of para-hydroxylation sites is 1. The summed E-state index contributed by atoms with van der Waals surface area (Å²) in [4.78, 5) is 19.9. The Morgan fingerprint density at radius 2 is 1.95 bits per heavy atom. The van der Waals surface area contributed by atoms with Gasteiger partial charge in [0.2, 0.25) is 0 Å². The fourth-order valence-corrected chi connectivity index (χ4v) is 3.28. The maximum absolute atomic E-state index is 11.4. The molecule has 1 fully saturated rings. The minimum atomic E-state index is -0.945. The van der Waals surface area contributed by atoms with Gasteiger partial charge in [0.25, 0.3) is 0 Å². The fraction of sp³-hybridized carbons (Fsp3) is 0.286. The van der Waals surface area contributed by atoms with Crippen LogP contribution in [-0.4, -0.2) is 42.2 Å². The van der Waals surface area contributed by atoms with E-state index in [1.54, 1.807) is 35.7 Å². The summed E-state index contributed by atoms with van der Waals surface area (Å²) in [5.41, 5.74) is 7.39. The van der Waals surface area contributed by atoms with Gasteiger partial charge in [0.1, 0.15) is 0 Å². The molecule has 3 N–H and O–H groups in total. The molecule has 1 aliphatic heterocycles. The molecule has 2 aromatic rings. The van der Waals surface area contributed by atoms with Crippen molar-refractivity contribution in [1.82, 2.24) is 4.98 Å². The number of aromatic carboxylic acids is 1. The van der Waals surface area contributed by atoms with E-state index in [0.717, 1.165) is 31.3 Å². The van der Waals surface area contributed by atoms with Crippen molar-refractivity contribution in [2.75, 3.05) is 41.7 Å². The van der Waals surface area contributed by atoms with Crippen molar-refractivity contribution in [2.45, 2.75) is 0 Å². The van der Waals surface area contributed by atoms with Crippen LogP contribution in [0.5, 0.6) is 0 Å². The number of carboxylic acids is 1. The summed E-state index contributed by atoms with van der Waals surface area (Å²) in [5, 5.41) is 12.3. The highest BCUT2D eigenvalue weighted by molar-refractivity contribution is 7.13. The second-order valence-corrected chi connectivity index (χ2v) is 5.71. The molecular weight excluding hydrogens is 288 g/mol. The molecule has 0 atom stereocenters. The molecule has 2 heterocycles. The van der Waals surface area contributed by atoms with Crippen LogP contribution >= 0.6 is 11.3 Å². The molecule has 3 rings (SSSR count). The summed E-state index contributed by atoms with van der Waals surface area (Å²) < 4.78 is 0. The summed E-state index contributed by atoms with van der Waals surface area (Å²) >= 11 is 1.62. The quantitative estimate of drug-likeness (QED) is 0.841. The zero-order valence-corrected chi connectivity index (χ0v) is 12.2. The monoisotopic (exact) mass is 304 g/mol. The molecule has 7 heteroatoms. The second kappa shape index (κ2) is 5.61. The maximum atomic E-state index is 11.4. The van der Waals surface area contributed by atoms with Crippen molar-refractivity contribution in [1.29, 1.82) is 0 Å². The molecule has 1 saturated heterocycles. The first-order valence-corrected chi connectivity index (χ1v) is 7.56. The molecule has 0 aliphatic carbocycles. The number of hydrogen-bond donors (Lipinski definition) is 2. The number of aromatic nitrogens is 1. The van der Waals surface area contributed by atoms with Gasteiger partial charge in [-0.05, 0) is 12.1 Å². The van der Waals surface area contributed by atoms with E-state index in [9.17, 15) is 9.90 Å². The highest BCUT2D eigenvalue weighted by Gasteiger charge is 2.24. The molecule has 0 amide bonds. The molecule has 1 aromatic carbocycles. The van der Waals surface area contributed by atoms with E-state index in [4.69, 9.17) is 5.73 Å². The molecule has 6 nitrogen and oxygen atoms in total. The van der Waals surface area contributed by atoms with Crippen molar-refractivity contribution < 1.29 is 9.90 Å². The third-order valence-electron chi connectivity index (χ3n) is 3.58.